The Balaban J connectivity index is 2.46. The van der Waals surface area contributed by atoms with Gasteiger partial charge in [0.25, 0.3) is 5.69 Å². The Morgan fingerprint density at radius 1 is 1.12 bits per heavy atom. The molecule has 2 aromatic carbocycles. The lowest BCUT2D eigenvalue weighted by Gasteiger charge is -2.20. The SMILES string of the molecule is CC(C)(C)OC(=O)Nc1ccc([N+](=O)[O-])cc1C(=O)c1ccccc1Cl. The van der Waals surface area contributed by atoms with E-state index in [0.717, 1.165) is 6.07 Å². The van der Waals surface area contributed by atoms with E-state index in [-0.39, 0.29) is 27.5 Å². The van der Waals surface area contributed by atoms with Crippen molar-refractivity contribution >= 4 is 34.9 Å². The van der Waals surface area contributed by atoms with Crippen molar-refractivity contribution in [2.45, 2.75) is 26.4 Å². The average molecular weight is 377 g/mol. The number of nitrogens with one attached hydrogen (secondary N) is 1. The highest BCUT2D eigenvalue weighted by atomic mass is 35.5. The largest absolute Gasteiger partial charge is 0.444 e. The molecule has 0 unspecified atom stereocenters. The molecule has 2 aromatic rings. The van der Waals surface area contributed by atoms with Gasteiger partial charge in [0.2, 0.25) is 0 Å². The zero-order valence-electron chi connectivity index (χ0n) is 14.4. The Hall–Kier alpha value is -2.93. The van der Waals surface area contributed by atoms with Crippen LogP contribution in [-0.4, -0.2) is 22.4 Å². The van der Waals surface area contributed by atoms with Gasteiger partial charge in [-0.05, 0) is 39.0 Å². The summed E-state index contributed by atoms with van der Waals surface area (Å²) >= 11 is 6.05. The summed E-state index contributed by atoms with van der Waals surface area (Å²) < 4.78 is 5.16. The molecule has 0 aliphatic carbocycles. The zero-order chi connectivity index (χ0) is 19.5. The number of nitro groups is 1. The number of benzene rings is 2. The first kappa shape index (κ1) is 19.4. The smallest absolute Gasteiger partial charge is 0.412 e. The molecule has 0 saturated carbocycles. The van der Waals surface area contributed by atoms with Crippen molar-refractivity contribution in [2.75, 3.05) is 5.32 Å². The maximum Gasteiger partial charge on any atom is 0.412 e. The number of halogens is 1. The number of hydrogen-bond donors (Lipinski definition) is 1. The molecule has 7 nitrogen and oxygen atoms in total. The Bertz CT molecular complexity index is 874. The van der Waals surface area contributed by atoms with E-state index in [9.17, 15) is 19.7 Å². The summed E-state index contributed by atoms with van der Waals surface area (Å²) in [6.07, 6.45) is -0.778. The van der Waals surface area contributed by atoms with Gasteiger partial charge in [-0.15, -0.1) is 0 Å². The number of non-ortho nitro benzene ring substituents is 1. The minimum Gasteiger partial charge on any atom is -0.444 e. The third kappa shape index (κ3) is 4.80. The number of amides is 1. The number of carbonyl (C=O) groups is 2. The lowest BCUT2D eigenvalue weighted by molar-refractivity contribution is -0.384. The quantitative estimate of drug-likeness (QED) is 0.468. The third-order valence-corrected chi connectivity index (χ3v) is 3.54. The van der Waals surface area contributed by atoms with Gasteiger partial charge < -0.3 is 4.74 Å². The molecule has 2 rings (SSSR count). The van der Waals surface area contributed by atoms with Gasteiger partial charge in [0.05, 0.1) is 21.2 Å². The van der Waals surface area contributed by atoms with Gasteiger partial charge >= 0.3 is 6.09 Å². The molecule has 0 atom stereocenters. The number of rotatable bonds is 4. The van der Waals surface area contributed by atoms with Crippen molar-refractivity contribution in [3.05, 3.63) is 68.7 Å². The minimum atomic E-state index is -0.778. The van der Waals surface area contributed by atoms with Gasteiger partial charge in [-0.2, -0.15) is 0 Å². The molecular formula is C18H17ClN2O5. The average Bonchev–Trinajstić information content (AvgIpc) is 2.53. The highest BCUT2D eigenvalue weighted by Gasteiger charge is 2.23. The number of nitrogens with zero attached hydrogens (tertiary/aromatic N) is 1. The Kier molecular flexibility index (Phi) is 5.62. The molecule has 0 aliphatic heterocycles. The van der Waals surface area contributed by atoms with E-state index < -0.39 is 22.4 Å². The zero-order valence-corrected chi connectivity index (χ0v) is 15.2. The second-order valence-electron chi connectivity index (χ2n) is 6.42. The summed E-state index contributed by atoms with van der Waals surface area (Å²) in [5, 5.41) is 13.7. The van der Waals surface area contributed by atoms with Gasteiger partial charge in [-0.3, -0.25) is 20.2 Å². The first-order valence-corrected chi connectivity index (χ1v) is 8.04. The van der Waals surface area contributed by atoms with E-state index in [1.54, 1.807) is 32.9 Å². The fraction of sp³-hybridized carbons (Fsp3) is 0.222. The van der Waals surface area contributed by atoms with Crippen molar-refractivity contribution < 1.29 is 19.2 Å². The summed E-state index contributed by atoms with van der Waals surface area (Å²) in [6, 6.07) is 9.89. The van der Waals surface area contributed by atoms with E-state index in [2.05, 4.69) is 5.32 Å². The molecule has 0 radical (unpaired) electrons. The van der Waals surface area contributed by atoms with Crippen molar-refractivity contribution in [3.8, 4) is 0 Å². The summed E-state index contributed by atoms with van der Waals surface area (Å²) in [5.41, 5.74) is -0.817. The van der Waals surface area contributed by atoms with Gasteiger partial charge in [0, 0.05) is 17.7 Å². The molecule has 1 amide bonds. The molecule has 0 bridgehead atoms. The Labute approximate surface area is 155 Å². The molecule has 0 aromatic heterocycles. The molecule has 0 heterocycles. The summed E-state index contributed by atoms with van der Waals surface area (Å²) in [4.78, 5) is 35.3. The molecule has 0 spiro atoms. The molecular weight excluding hydrogens is 360 g/mol. The van der Waals surface area contributed by atoms with E-state index in [0.29, 0.717) is 0 Å². The molecule has 8 heteroatoms. The Morgan fingerprint density at radius 3 is 2.35 bits per heavy atom. The van der Waals surface area contributed by atoms with Crippen LogP contribution in [-0.2, 0) is 4.74 Å². The van der Waals surface area contributed by atoms with Crippen LogP contribution in [0.2, 0.25) is 5.02 Å². The van der Waals surface area contributed by atoms with Crippen molar-refractivity contribution in [2.24, 2.45) is 0 Å². The number of anilines is 1. The van der Waals surface area contributed by atoms with Gasteiger partial charge in [-0.1, -0.05) is 23.7 Å². The van der Waals surface area contributed by atoms with Crippen molar-refractivity contribution in [1.29, 1.82) is 0 Å². The maximum absolute atomic E-state index is 12.8. The molecule has 1 N–H and O–H groups in total. The molecule has 0 fully saturated rings. The predicted octanol–water partition coefficient (Wildman–Crippen LogP) is 4.83. The fourth-order valence-corrected chi connectivity index (χ4v) is 2.37. The highest BCUT2D eigenvalue weighted by Crippen LogP contribution is 2.27. The molecule has 0 saturated heterocycles. The second-order valence-corrected chi connectivity index (χ2v) is 6.83. The van der Waals surface area contributed by atoms with E-state index >= 15 is 0 Å². The van der Waals surface area contributed by atoms with Gasteiger partial charge in [0.15, 0.2) is 5.78 Å². The van der Waals surface area contributed by atoms with Crippen LogP contribution in [0.5, 0.6) is 0 Å². The minimum absolute atomic E-state index is 0.0573. The summed E-state index contributed by atoms with van der Waals surface area (Å²) in [7, 11) is 0. The predicted molar refractivity (Wildman–Crippen MR) is 97.8 cm³/mol. The molecule has 0 aliphatic rings. The van der Waals surface area contributed by atoms with Crippen LogP contribution in [0.4, 0.5) is 16.2 Å². The first-order chi connectivity index (χ1) is 12.1. The number of hydrogen-bond acceptors (Lipinski definition) is 5. The Morgan fingerprint density at radius 2 is 1.77 bits per heavy atom. The second kappa shape index (κ2) is 7.53. The van der Waals surface area contributed by atoms with Crippen LogP contribution in [0.3, 0.4) is 0 Å². The van der Waals surface area contributed by atoms with Crippen molar-refractivity contribution in [1.82, 2.24) is 0 Å². The number of nitro benzene ring substituents is 1. The van der Waals surface area contributed by atoms with Crippen LogP contribution >= 0.6 is 11.6 Å². The summed E-state index contributed by atoms with van der Waals surface area (Å²) in [6.45, 7) is 5.08. The summed E-state index contributed by atoms with van der Waals surface area (Å²) in [5.74, 6) is -0.551. The number of carbonyl (C=O) groups excluding carboxylic acids is 2. The normalized spacial score (nSPS) is 10.9. The number of ether oxygens (including phenoxy) is 1. The van der Waals surface area contributed by atoms with E-state index in [1.807, 2.05) is 0 Å². The van der Waals surface area contributed by atoms with Crippen LogP contribution in [0.1, 0.15) is 36.7 Å². The fourth-order valence-electron chi connectivity index (χ4n) is 2.15. The van der Waals surface area contributed by atoms with E-state index in [1.165, 1.54) is 24.3 Å². The van der Waals surface area contributed by atoms with Crippen LogP contribution in [0.25, 0.3) is 0 Å². The maximum atomic E-state index is 12.8. The monoisotopic (exact) mass is 376 g/mol. The molecule has 136 valence electrons. The van der Waals surface area contributed by atoms with Crippen LogP contribution in [0.15, 0.2) is 42.5 Å². The first-order valence-electron chi connectivity index (χ1n) is 7.66. The number of ketones is 1. The van der Waals surface area contributed by atoms with Crippen molar-refractivity contribution in [3.63, 3.8) is 0 Å². The van der Waals surface area contributed by atoms with Crippen LogP contribution < -0.4 is 5.32 Å². The lowest BCUT2D eigenvalue weighted by Crippen LogP contribution is -2.27. The lowest BCUT2D eigenvalue weighted by atomic mass is 10.0. The highest BCUT2D eigenvalue weighted by molar-refractivity contribution is 6.35. The van der Waals surface area contributed by atoms with Gasteiger partial charge in [0.1, 0.15) is 5.60 Å². The van der Waals surface area contributed by atoms with E-state index in [4.69, 9.17) is 16.3 Å². The topological polar surface area (TPSA) is 98.5 Å². The third-order valence-electron chi connectivity index (χ3n) is 3.21. The van der Waals surface area contributed by atoms with Crippen LogP contribution in [0, 0.1) is 10.1 Å². The van der Waals surface area contributed by atoms with Gasteiger partial charge in [-0.25, -0.2) is 4.79 Å². The molecule has 26 heavy (non-hydrogen) atoms. The standard InChI is InChI=1S/C18H17ClN2O5/c1-18(2,3)26-17(23)20-15-9-8-11(21(24)25)10-13(15)16(22)12-6-4-5-7-14(12)19/h4-10H,1-3H3,(H,20,23).